The van der Waals surface area contributed by atoms with Crippen molar-refractivity contribution in [1.29, 1.82) is 0 Å². The number of aliphatic hydroxyl groups excluding tert-OH is 3. The molecule has 3 rings (SSSR count). The fourth-order valence-electron chi connectivity index (χ4n) is 3.57. The van der Waals surface area contributed by atoms with Gasteiger partial charge in [-0.15, -0.1) is 0 Å². The molecular weight excluding hydrogens is 380 g/mol. The number of carboxylic acid groups (broad SMARTS) is 1. The molecule has 4 N–H and O–H groups in total. The third kappa shape index (κ3) is 3.79. The highest BCUT2D eigenvalue weighted by atomic mass is 16.5. The van der Waals surface area contributed by atoms with Crippen LogP contribution in [0.25, 0.3) is 11.1 Å². The molecule has 0 spiro atoms. The van der Waals surface area contributed by atoms with Gasteiger partial charge in [0.15, 0.2) is 0 Å². The maximum absolute atomic E-state index is 11.7. The molecule has 2 aromatic rings. The highest BCUT2D eigenvalue weighted by molar-refractivity contribution is 5.97. The number of methoxy groups -OCH3 is 2. The van der Waals surface area contributed by atoms with Crippen LogP contribution in [0.4, 0.5) is 0 Å². The number of aromatic carboxylic acids is 1. The average molecular weight is 404 g/mol. The Bertz CT molecular complexity index is 896. The Morgan fingerprint density at radius 1 is 0.931 bits per heavy atom. The van der Waals surface area contributed by atoms with E-state index >= 15 is 0 Å². The lowest BCUT2D eigenvalue weighted by atomic mass is 9.88. The first kappa shape index (κ1) is 21.1. The first-order valence-electron chi connectivity index (χ1n) is 9.08. The van der Waals surface area contributed by atoms with E-state index < -0.39 is 36.5 Å². The van der Waals surface area contributed by atoms with Gasteiger partial charge in [0.1, 0.15) is 35.9 Å². The van der Waals surface area contributed by atoms with Gasteiger partial charge in [-0.25, -0.2) is 4.79 Å². The minimum Gasteiger partial charge on any atom is -0.496 e. The molecule has 0 bridgehead atoms. The van der Waals surface area contributed by atoms with E-state index in [-0.39, 0.29) is 5.56 Å². The molecule has 1 aliphatic rings. The van der Waals surface area contributed by atoms with E-state index in [1.165, 1.54) is 20.3 Å². The summed E-state index contributed by atoms with van der Waals surface area (Å²) >= 11 is 0. The van der Waals surface area contributed by atoms with Crippen LogP contribution in [0.1, 0.15) is 28.9 Å². The summed E-state index contributed by atoms with van der Waals surface area (Å²) in [7, 11) is 2.89. The van der Waals surface area contributed by atoms with Gasteiger partial charge in [-0.3, -0.25) is 0 Å². The zero-order chi connectivity index (χ0) is 21.3. The molecule has 1 fully saturated rings. The van der Waals surface area contributed by atoms with E-state index in [0.29, 0.717) is 28.2 Å². The lowest BCUT2D eigenvalue weighted by molar-refractivity contribution is -0.219. The van der Waals surface area contributed by atoms with Gasteiger partial charge in [-0.05, 0) is 24.6 Å². The summed E-state index contributed by atoms with van der Waals surface area (Å²) in [5, 5.41) is 40.2. The maximum atomic E-state index is 11.7. The summed E-state index contributed by atoms with van der Waals surface area (Å²) in [5.74, 6) is -0.391. The molecule has 1 heterocycles. The van der Waals surface area contributed by atoms with Crippen molar-refractivity contribution in [3.8, 4) is 22.6 Å². The summed E-state index contributed by atoms with van der Waals surface area (Å²) in [6.07, 6.45) is -5.80. The number of hydrogen-bond donors (Lipinski definition) is 4. The molecule has 156 valence electrons. The molecule has 0 unspecified atom stereocenters. The van der Waals surface area contributed by atoms with Gasteiger partial charge >= 0.3 is 5.97 Å². The van der Waals surface area contributed by atoms with Crippen molar-refractivity contribution < 1.29 is 39.4 Å². The van der Waals surface area contributed by atoms with Crippen LogP contribution >= 0.6 is 0 Å². The van der Waals surface area contributed by atoms with Crippen LogP contribution in [0, 0.1) is 0 Å². The molecule has 0 aliphatic carbocycles. The zero-order valence-corrected chi connectivity index (χ0v) is 16.3. The second-order valence-corrected chi connectivity index (χ2v) is 6.88. The second kappa shape index (κ2) is 8.38. The van der Waals surface area contributed by atoms with Gasteiger partial charge in [0.25, 0.3) is 0 Å². The van der Waals surface area contributed by atoms with Crippen molar-refractivity contribution >= 4 is 5.97 Å². The first-order chi connectivity index (χ1) is 13.8. The molecular formula is C21H24O8. The SMILES string of the molecule is COc1cc(OC)c([C@H]2O[C@@H](C)[C@@H](O)[C@@H](O)[C@@H]2O)cc1-c1ccccc1C(=O)O. The van der Waals surface area contributed by atoms with Crippen LogP contribution in [0.2, 0.25) is 0 Å². The van der Waals surface area contributed by atoms with E-state index in [9.17, 15) is 25.2 Å². The molecule has 1 aliphatic heterocycles. The largest absolute Gasteiger partial charge is 0.496 e. The molecule has 0 aromatic heterocycles. The van der Waals surface area contributed by atoms with Gasteiger partial charge in [-0.2, -0.15) is 0 Å². The Hall–Kier alpha value is -2.65. The quantitative estimate of drug-likeness (QED) is 0.592. The summed E-state index contributed by atoms with van der Waals surface area (Å²) in [5.41, 5.74) is 1.36. The van der Waals surface area contributed by atoms with Gasteiger partial charge < -0.3 is 34.6 Å². The smallest absolute Gasteiger partial charge is 0.336 e. The lowest BCUT2D eigenvalue weighted by Gasteiger charge is -2.40. The predicted octanol–water partition coefficient (Wildman–Crippen LogP) is 1.61. The van der Waals surface area contributed by atoms with Crippen molar-refractivity contribution in [2.75, 3.05) is 14.2 Å². The van der Waals surface area contributed by atoms with E-state index in [4.69, 9.17) is 14.2 Å². The zero-order valence-electron chi connectivity index (χ0n) is 16.3. The molecule has 8 heteroatoms. The number of hydrogen-bond acceptors (Lipinski definition) is 7. The highest BCUT2D eigenvalue weighted by Crippen LogP contribution is 2.43. The second-order valence-electron chi connectivity index (χ2n) is 6.88. The van der Waals surface area contributed by atoms with Crippen LogP contribution in [0.15, 0.2) is 36.4 Å². The van der Waals surface area contributed by atoms with Crippen LogP contribution < -0.4 is 9.47 Å². The van der Waals surface area contributed by atoms with Gasteiger partial charge in [-0.1, -0.05) is 18.2 Å². The Balaban J connectivity index is 2.19. The van der Waals surface area contributed by atoms with Gasteiger partial charge in [0.2, 0.25) is 0 Å². The van der Waals surface area contributed by atoms with Crippen molar-refractivity contribution in [3.63, 3.8) is 0 Å². The summed E-state index contributed by atoms with van der Waals surface area (Å²) in [6.45, 7) is 1.59. The van der Waals surface area contributed by atoms with E-state index in [0.717, 1.165) is 0 Å². The monoisotopic (exact) mass is 404 g/mol. The average Bonchev–Trinajstić information content (AvgIpc) is 2.73. The summed E-state index contributed by atoms with van der Waals surface area (Å²) in [6, 6.07) is 9.65. The fourth-order valence-corrected chi connectivity index (χ4v) is 3.57. The number of carboxylic acids is 1. The van der Waals surface area contributed by atoms with Crippen molar-refractivity contribution in [3.05, 3.63) is 47.5 Å². The maximum Gasteiger partial charge on any atom is 0.336 e. The number of rotatable bonds is 5. The Morgan fingerprint density at radius 2 is 1.59 bits per heavy atom. The predicted molar refractivity (Wildman–Crippen MR) is 103 cm³/mol. The molecule has 0 saturated carbocycles. The van der Waals surface area contributed by atoms with Crippen LogP contribution in [-0.4, -0.2) is 65.0 Å². The van der Waals surface area contributed by atoms with Crippen molar-refractivity contribution in [2.24, 2.45) is 0 Å². The van der Waals surface area contributed by atoms with Crippen molar-refractivity contribution in [2.45, 2.75) is 37.4 Å². The highest BCUT2D eigenvalue weighted by Gasteiger charge is 2.43. The van der Waals surface area contributed by atoms with Gasteiger partial charge in [0.05, 0.1) is 25.9 Å². The Kier molecular flexibility index (Phi) is 6.09. The first-order valence-corrected chi connectivity index (χ1v) is 9.08. The summed E-state index contributed by atoms with van der Waals surface area (Å²) < 4.78 is 16.6. The van der Waals surface area contributed by atoms with Crippen LogP contribution in [0.5, 0.6) is 11.5 Å². The lowest BCUT2D eigenvalue weighted by Crippen LogP contribution is -2.53. The third-order valence-electron chi connectivity index (χ3n) is 5.16. The topological polar surface area (TPSA) is 126 Å². The summed E-state index contributed by atoms with van der Waals surface area (Å²) in [4.78, 5) is 11.7. The molecule has 0 amide bonds. The number of carbonyl (C=O) groups is 1. The molecule has 2 aromatic carbocycles. The number of benzene rings is 2. The van der Waals surface area contributed by atoms with Gasteiger partial charge in [0, 0.05) is 17.2 Å². The van der Waals surface area contributed by atoms with E-state index in [1.54, 1.807) is 37.3 Å². The number of aliphatic hydroxyl groups is 3. The Morgan fingerprint density at radius 3 is 2.21 bits per heavy atom. The van der Waals surface area contributed by atoms with E-state index in [2.05, 4.69) is 0 Å². The standard InChI is InChI=1S/C21H24O8/c1-10-17(22)18(23)19(24)20(29-10)14-8-13(15(27-2)9-16(14)28-3)11-6-4-5-7-12(11)21(25)26/h4-10,17-20,22-24H,1-3H3,(H,25,26)/t10-,17+,18+,19-,20+/m0/s1. The molecule has 1 saturated heterocycles. The van der Waals surface area contributed by atoms with Crippen molar-refractivity contribution in [1.82, 2.24) is 0 Å². The molecule has 8 nitrogen and oxygen atoms in total. The van der Waals surface area contributed by atoms with Crippen LogP contribution in [0.3, 0.4) is 0 Å². The molecule has 0 radical (unpaired) electrons. The minimum atomic E-state index is -1.41. The molecule has 5 atom stereocenters. The fraction of sp³-hybridized carbons (Fsp3) is 0.381. The Labute approximate surface area is 167 Å². The third-order valence-corrected chi connectivity index (χ3v) is 5.16. The number of ether oxygens (including phenoxy) is 3. The molecule has 29 heavy (non-hydrogen) atoms. The van der Waals surface area contributed by atoms with E-state index in [1.807, 2.05) is 0 Å². The minimum absolute atomic E-state index is 0.0795. The van der Waals surface area contributed by atoms with Crippen LogP contribution in [-0.2, 0) is 4.74 Å². The normalized spacial score (nSPS) is 26.8.